The molecule has 0 unspecified atom stereocenters. The van der Waals surface area contributed by atoms with E-state index in [-0.39, 0.29) is 0 Å². The normalized spacial score (nSPS) is 10.8. The maximum absolute atomic E-state index is 4.09. The molecule has 0 aliphatic heterocycles. The van der Waals surface area contributed by atoms with Crippen LogP contribution in [0.2, 0.25) is 0 Å². The summed E-state index contributed by atoms with van der Waals surface area (Å²) in [5, 5.41) is 9.12. The Bertz CT molecular complexity index is 247. The predicted molar refractivity (Wildman–Crippen MR) is 60.5 cm³/mol. The van der Waals surface area contributed by atoms with Gasteiger partial charge in [-0.15, -0.1) is 5.10 Å². The monoisotopic (exact) mass is 217 g/mol. The molecule has 0 saturated carbocycles. The van der Waals surface area contributed by atoms with Gasteiger partial charge < -0.3 is 5.32 Å². The third kappa shape index (κ3) is 3.52. The molecule has 0 spiro atoms. The van der Waals surface area contributed by atoms with Gasteiger partial charge in [-0.05, 0) is 12.2 Å². The van der Waals surface area contributed by atoms with Gasteiger partial charge in [0, 0.05) is 23.8 Å². The largest absolute Gasteiger partial charge is 0.374 e. The Morgan fingerprint density at radius 1 is 1.54 bits per heavy atom. The fraction of sp³-hybridized carbons (Fsp3) is 0.750. The molecular formula is C8H15N3S2. The Morgan fingerprint density at radius 3 is 2.92 bits per heavy atom. The van der Waals surface area contributed by atoms with Crippen molar-refractivity contribution < 1.29 is 0 Å². The van der Waals surface area contributed by atoms with Crippen LogP contribution in [0, 0.1) is 0 Å². The van der Waals surface area contributed by atoms with Crippen molar-refractivity contribution in [2.24, 2.45) is 0 Å². The van der Waals surface area contributed by atoms with Crippen molar-refractivity contribution in [1.29, 1.82) is 0 Å². The van der Waals surface area contributed by atoms with E-state index in [4.69, 9.17) is 0 Å². The number of hydrogen-bond acceptors (Lipinski definition) is 5. The lowest BCUT2D eigenvalue weighted by molar-refractivity contribution is 1.05. The van der Waals surface area contributed by atoms with Gasteiger partial charge in [0.05, 0.1) is 0 Å². The Morgan fingerprint density at radius 2 is 2.31 bits per heavy atom. The highest BCUT2D eigenvalue weighted by molar-refractivity contribution is 7.99. The molecule has 0 aromatic carbocycles. The number of nitrogens with one attached hydrogen (secondary N) is 1. The third-order valence-corrected chi connectivity index (χ3v) is 3.28. The minimum Gasteiger partial charge on any atom is -0.374 e. The second kappa shape index (κ2) is 5.44. The molecule has 0 saturated heterocycles. The number of rotatable bonds is 5. The Labute approximate surface area is 87.5 Å². The van der Waals surface area contributed by atoms with Crippen molar-refractivity contribution in [2.45, 2.75) is 31.8 Å². The summed E-state index contributed by atoms with van der Waals surface area (Å²) in [4.78, 5) is 0. The van der Waals surface area contributed by atoms with Crippen LogP contribution >= 0.6 is 23.3 Å². The second-order valence-electron chi connectivity index (χ2n) is 2.94. The van der Waals surface area contributed by atoms with Crippen LogP contribution in [0.25, 0.3) is 0 Å². The SMILES string of the molecule is CCNc1snnc1CSC(C)C. The topological polar surface area (TPSA) is 37.8 Å². The van der Waals surface area contributed by atoms with Crippen molar-refractivity contribution in [2.75, 3.05) is 11.9 Å². The van der Waals surface area contributed by atoms with E-state index in [2.05, 4.69) is 35.7 Å². The molecule has 74 valence electrons. The van der Waals surface area contributed by atoms with Crippen molar-refractivity contribution >= 4 is 28.3 Å². The first kappa shape index (κ1) is 10.8. The number of hydrogen-bond donors (Lipinski definition) is 1. The molecule has 0 amide bonds. The van der Waals surface area contributed by atoms with E-state index in [1.165, 1.54) is 11.5 Å². The summed E-state index contributed by atoms with van der Waals surface area (Å²) in [6, 6.07) is 0. The molecule has 1 N–H and O–H groups in total. The minimum absolute atomic E-state index is 0.649. The maximum atomic E-state index is 4.09. The quantitative estimate of drug-likeness (QED) is 0.822. The van der Waals surface area contributed by atoms with Gasteiger partial charge >= 0.3 is 0 Å². The van der Waals surface area contributed by atoms with Crippen molar-refractivity contribution in [3.8, 4) is 0 Å². The molecule has 1 aromatic heterocycles. The summed E-state index contributed by atoms with van der Waals surface area (Å²) < 4.78 is 3.93. The first-order valence-electron chi connectivity index (χ1n) is 4.40. The molecule has 13 heavy (non-hydrogen) atoms. The summed E-state index contributed by atoms with van der Waals surface area (Å²) in [6.45, 7) is 7.40. The first-order valence-corrected chi connectivity index (χ1v) is 6.23. The van der Waals surface area contributed by atoms with Crippen molar-refractivity contribution in [3.63, 3.8) is 0 Å². The molecular weight excluding hydrogens is 202 g/mol. The molecule has 3 nitrogen and oxygen atoms in total. The highest BCUT2D eigenvalue weighted by Crippen LogP contribution is 2.24. The molecule has 1 rings (SSSR count). The third-order valence-electron chi connectivity index (χ3n) is 1.45. The zero-order valence-electron chi connectivity index (χ0n) is 8.20. The van der Waals surface area contributed by atoms with Gasteiger partial charge in [-0.3, -0.25) is 0 Å². The second-order valence-corrected chi connectivity index (χ2v) is 5.26. The molecule has 0 bridgehead atoms. The van der Waals surface area contributed by atoms with E-state index in [0.717, 1.165) is 23.0 Å². The molecule has 0 aliphatic carbocycles. The van der Waals surface area contributed by atoms with Crippen LogP contribution in [0.5, 0.6) is 0 Å². The van der Waals surface area contributed by atoms with Crippen LogP contribution < -0.4 is 5.32 Å². The summed E-state index contributed by atoms with van der Waals surface area (Å²) in [7, 11) is 0. The van der Waals surface area contributed by atoms with Gasteiger partial charge in [0.25, 0.3) is 0 Å². The van der Waals surface area contributed by atoms with E-state index >= 15 is 0 Å². The van der Waals surface area contributed by atoms with Crippen LogP contribution in [-0.4, -0.2) is 21.4 Å². The lowest BCUT2D eigenvalue weighted by Gasteiger charge is -2.04. The zero-order valence-corrected chi connectivity index (χ0v) is 9.84. The molecule has 0 fully saturated rings. The van der Waals surface area contributed by atoms with E-state index in [1.54, 1.807) is 0 Å². The van der Waals surface area contributed by atoms with E-state index < -0.39 is 0 Å². The smallest absolute Gasteiger partial charge is 0.134 e. The van der Waals surface area contributed by atoms with Gasteiger partial charge in [0.2, 0.25) is 0 Å². The van der Waals surface area contributed by atoms with Crippen LogP contribution in [-0.2, 0) is 5.75 Å². The lowest BCUT2D eigenvalue weighted by Crippen LogP contribution is -1.98. The highest BCUT2D eigenvalue weighted by Gasteiger charge is 2.07. The van der Waals surface area contributed by atoms with Gasteiger partial charge in [-0.25, -0.2) is 0 Å². The van der Waals surface area contributed by atoms with Crippen LogP contribution in [0.1, 0.15) is 26.5 Å². The van der Waals surface area contributed by atoms with Gasteiger partial charge in [-0.1, -0.05) is 18.3 Å². The van der Waals surface area contributed by atoms with Gasteiger partial charge in [-0.2, -0.15) is 11.8 Å². The summed E-state index contributed by atoms with van der Waals surface area (Å²) >= 11 is 3.33. The summed E-state index contributed by atoms with van der Waals surface area (Å²) in [6.07, 6.45) is 0. The summed E-state index contributed by atoms with van der Waals surface area (Å²) in [5.74, 6) is 0.955. The standard InChI is InChI=1S/C8H15N3S2/c1-4-9-8-7(10-11-13-8)5-12-6(2)3/h6,9H,4-5H2,1-3H3. The Balaban J connectivity index is 2.49. The van der Waals surface area contributed by atoms with Crippen LogP contribution in [0.4, 0.5) is 5.00 Å². The predicted octanol–water partition coefficient (Wildman–Crippen LogP) is 2.61. The maximum Gasteiger partial charge on any atom is 0.134 e. The highest BCUT2D eigenvalue weighted by atomic mass is 32.2. The lowest BCUT2D eigenvalue weighted by atomic mass is 10.5. The Kier molecular flexibility index (Phi) is 4.52. The first-order chi connectivity index (χ1) is 6.24. The summed E-state index contributed by atoms with van der Waals surface area (Å²) in [5.41, 5.74) is 1.09. The number of nitrogens with zero attached hydrogens (tertiary/aromatic N) is 2. The molecule has 0 atom stereocenters. The molecule has 5 heteroatoms. The zero-order chi connectivity index (χ0) is 9.68. The Hall–Kier alpha value is -0.290. The van der Waals surface area contributed by atoms with E-state index in [0.29, 0.717) is 5.25 Å². The molecule has 0 aliphatic rings. The molecule has 1 heterocycles. The molecule has 1 aromatic rings. The van der Waals surface area contributed by atoms with Gasteiger partial charge in [0.15, 0.2) is 0 Å². The van der Waals surface area contributed by atoms with Crippen LogP contribution in [0.3, 0.4) is 0 Å². The van der Waals surface area contributed by atoms with E-state index in [1.807, 2.05) is 11.8 Å². The van der Waals surface area contributed by atoms with Gasteiger partial charge in [0.1, 0.15) is 10.7 Å². The average molecular weight is 217 g/mol. The van der Waals surface area contributed by atoms with Crippen molar-refractivity contribution in [3.05, 3.63) is 5.69 Å². The van der Waals surface area contributed by atoms with E-state index in [9.17, 15) is 0 Å². The fourth-order valence-corrected chi connectivity index (χ4v) is 2.28. The number of aromatic nitrogens is 2. The number of anilines is 1. The minimum atomic E-state index is 0.649. The average Bonchev–Trinajstić information content (AvgIpc) is 2.49. The molecule has 0 radical (unpaired) electrons. The van der Waals surface area contributed by atoms with Crippen molar-refractivity contribution in [1.82, 2.24) is 9.59 Å². The number of thioether (sulfide) groups is 1. The fourth-order valence-electron chi connectivity index (χ4n) is 0.843. The van der Waals surface area contributed by atoms with Crippen LogP contribution in [0.15, 0.2) is 0 Å².